The van der Waals surface area contributed by atoms with Gasteiger partial charge in [-0.15, -0.1) is 11.8 Å². The van der Waals surface area contributed by atoms with E-state index in [0.717, 1.165) is 5.56 Å². The summed E-state index contributed by atoms with van der Waals surface area (Å²) in [4.78, 5) is 28.1. The maximum Gasteiger partial charge on any atom is 0.251 e. The van der Waals surface area contributed by atoms with Crippen LogP contribution in [0.2, 0.25) is 0 Å². The second kappa shape index (κ2) is 9.55. The van der Waals surface area contributed by atoms with Gasteiger partial charge in [0.1, 0.15) is 11.9 Å². The molecule has 144 valence electrons. The molecule has 4 nitrogen and oxygen atoms in total. The Bertz CT molecular complexity index is 776. The fourth-order valence-electron chi connectivity index (χ4n) is 2.66. The molecule has 0 radical (unpaired) electrons. The lowest BCUT2D eigenvalue weighted by Gasteiger charge is -2.27. The van der Waals surface area contributed by atoms with Crippen molar-refractivity contribution < 1.29 is 14.0 Å². The number of nitrogens with one attached hydrogen (secondary N) is 1. The monoisotopic (exact) mass is 388 g/mol. The molecule has 0 spiro atoms. The number of benzene rings is 2. The van der Waals surface area contributed by atoms with Gasteiger partial charge in [-0.25, -0.2) is 4.39 Å². The van der Waals surface area contributed by atoms with Crippen molar-refractivity contribution in [3.63, 3.8) is 0 Å². The highest BCUT2D eigenvalue weighted by Gasteiger charge is 2.27. The first-order valence-electron chi connectivity index (χ1n) is 8.76. The van der Waals surface area contributed by atoms with Crippen molar-refractivity contribution in [2.24, 2.45) is 5.92 Å². The number of nitrogens with zero attached hydrogens (tertiary/aromatic N) is 1. The van der Waals surface area contributed by atoms with Gasteiger partial charge in [0.05, 0.1) is 0 Å². The molecule has 2 aromatic rings. The molecule has 27 heavy (non-hydrogen) atoms. The van der Waals surface area contributed by atoms with Crippen molar-refractivity contribution in [2.45, 2.75) is 31.3 Å². The molecule has 2 amide bonds. The van der Waals surface area contributed by atoms with E-state index in [2.05, 4.69) is 5.32 Å². The normalized spacial score (nSPS) is 11.9. The van der Waals surface area contributed by atoms with Crippen molar-refractivity contribution >= 4 is 23.6 Å². The van der Waals surface area contributed by atoms with Gasteiger partial charge in [-0.05, 0) is 54.1 Å². The molecule has 0 aromatic heterocycles. The van der Waals surface area contributed by atoms with Crippen LogP contribution in [0, 0.1) is 11.7 Å². The van der Waals surface area contributed by atoms with E-state index in [1.807, 2.05) is 44.4 Å². The van der Waals surface area contributed by atoms with Crippen LogP contribution in [0.4, 0.5) is 4.39 Å². The van der Waals surface area contributed by atoms with Crippen LogP contribution in [0.5, 0.6) is 0 Å². The lowest BCUT2D eigenvalue weighted by molar-refractivity contribution is -0.133. The summed E-state index contributed by atoms with van der Waals surface area (Å²) in [6.45, 7) is 4.23. The number of hydrogen-bond acceptors (Lipinski definition) is 3. The predicted octanol–water partition coefficient (Wildman–Crippen LogP) is 3.96. The molecule has 0 aliphatic rings. The zero-order valence-electron chi connectivity index (χ0n) is 16.0. The van der Waals surface area contributed by atoms with E-state index in [9.17, 15) is 14.0 Å². The van der Waals surface area contributed by atoms with Crippen molar-refractivity contribution in [1.29, 1.82) is 0 Å². The molecule has 0 unspecified atom stereocenters. The summed E-state index contributed by atoms with van der Waals surface area (Å²) in [7, 11) is 1.73. The highest BCUT2D eigenvalue weighted by atomic mass is 32.2. The number of amides is 2. The molecular weight excluding hydrogens is 363 g/mol. The van der Waals surface area contributed by atoms with E-state index in [0.29, 0.717) is 12.1 Å². The van der Waals surface area contributed by atoms with Gasteiger partial charge < -0.3 is 10.2 Å². The zero-order valence-corrected chi connectivity index (χ0v) is 16.8. The maximum absolute atomic E-state index is 13.0. The molecule has 1 N–H and O–H groups in total. The molecule has 0 saturated heterocycles. The number of carbonyl (C=O) groups excluding carboxylic acids is 2. The highest BCUT2D eigenvalue weighted by molar-refractivity contribution is 7.98. The lowest BCUT2D eigenvalue weighted by atomic mass is 10.0. The average molecular weight is 389 g/mol. The van der Waals surface area contributed by atoms with Crippen LogP contribution in [-0.4, -0.2) is 36.1 Å². The fraction of sp³-hybridized carbons (Fsp3) is 0.333. The summed E-state index contributed by atoms with van der Waals surface area (Å²) in [6, 6.07) is 12.7. The first-order valence-corrected chi connectivity index (χ1v) is 9.98. The number of halogens is 1. The number of thioether (sulfide) groups is 1. The van der Waals surface area contributed by atoms with Crippen LogP contribution in [-0.2, 0) is 11.3 Å². The number of rotatable bonds is 7. The van der Waals surface area contributed by atoms with Crippen LogP contribution >= 0.6 is 11.8 Å². The quantitative estimate of drug-likeness (QED) is 0.731. The second-order valence-corrected chi connectivity index (χ2v) is 7.62. The van der Waals surface area contributed by atoms with Gasteiger partial charge >= 0.3 is 0 Å². The summed E-state index contributed by atoms with van der Waals surface area (Å²) >= 11 is 1.67. The van der Waals surface area contributed by atoms with E-state index >= 15 is 0 Å². The van der Waals surface area contributed by atoms with Gasteiger partial charge in [-0.1, -0.05) is 26.0 Å². The van der Waals surface area contributed by atoms with E-state index in [1.54, 1.807) is 23.7 Å². The Morgan fingerprint density at radius 1 is 1.07 bits per heavy atom. The Kier molecular flexibility index (Phi) is 7.42. The van der Waals surface area contributed by atoms with Gasteiger partial charge in [0.2, 0.25) is 5.91 Å². The van der Waals surface area contributed by atoms with Gasteiger partial charge in [-0.3, -0.25) is 9.59 Å². The van der Waals surface area contributed by atoms with Crippen molar-refractivity contribution in [3.8, 4) is 0 Å². The Morgan fingerprint density at radius 3 is 2.19 bits per heavy atom. The Hall–Kier alpha value is -2.34. The van der Waals surface area contributed by atoms with E-state index in [1.165, 1.54) is 29.2 Å². The summed E-state index contributed by atoms with van der Waals surface area (Å²) in [5, 5.41) is 2.78. The molecular formula is C21H25FN2O2S. The van der Waals surface area contributed by atoms with Crippen LogP contribution < -0.4 is 5.32 Å². The third-order valence-corrected chi connectivity index (χ3v) is 5.02. The number of carbonyl (C=O) groups is 2. The molecule has 0 bridgehead atoms. The first-order chi connectivity index (χ1) is 12.8. The van der Waals surface area contributed by atoms with Gasteiger partial charge in [0, 0.05) is 24.1 Å². The minimum absolute atomic E-state index is 0.0804. The summed E-state index contributed by atoms with van der Waals surface area (Å²) in [5.74, 6) is -1.03. The summed E-state index contributed by atoms with van der Waals surface area (Å²) < 4.78 is 13.0. The molecule has 0 fully saturated rings. The van der Waals surface area contributed by atoms with Crippen LogP contribution in [0.15, 0.2) is 53.4 Å². The van der Waals surface area contributed by atoms with Crippen molar-refractivity contribution in [2.75, 3.05) is 13.3 Å². The summed E-state index contributed by atoms with van der Waals surface area (Å²) in [6.07, 6.45) is 2.02. The summed E-state index contributed by atoms with van der Waals surface area (Å²) in [5.41, 5.74) is 1.35. The average Bonchev–Trinajstić information content (AvgIpc) is 2.66. The van der Waals surface area contributed by atoms with Gasteiger partial charge in [0.15, 0.2) is 0 Å². The highest BCUT2D eigenvalue weighted by Crippen LogP contribution is 2.16. The van der Waals surface area contributed by atoms with E-state index < -0.39 is 11.9 Å². The number of likely N-dealkylation sites (N-methyl/N-ethyl adjacent to an activating group) is 1. The zero-order chi connectivity index (χ0) is 20.0. The number of hydrogen-bond donors (Lipinski definition) is 1. The van der Waals surface area contributed by atoms with Crippen LogP contribution in [0.1, 0.15) is 29.8 Å². The largest absolute Gasteiger partial charge is 0.340 e. The fourth-order valence-corrected chi connectivity index (χ4v) is 3.07. The SMILES string of the molecule is CSc1ccc(CN(C)C(=O)[C@@H](NC(=O)c2ccc(F)cc2)C(C)C)cc1. The van der Waals surface area contributed by atoms with Gasteiger partial charge in [-0.2, -0.15) is 0 Å². The molecule has 6 heteroatoms. The molecule has 0 heterocycles. The van der Waals surface area contributed by atoms with Crippen molar-refractivity contribution in [3.05, 3.63) is 65.5 Å². The van der Waals surface area contributed by atoms with Gasteiger partial charge in [0.25, 0.3) is 5.91 Å². The third kappa shape index (κ3) is 5.82. The predicted molar refractivity (Wildman–Crippen MR) is 107 cm³/mol. The molecule has 0 aliphatic heterocycles. The second-order valence-electron chi connectivity index (χ2n) is 6.74. The minimum atomic E-state index is -0.655. The standard InChI is InChI=1S/C21H25FN2O2S/c1-14(2)19(23-20(25)16-7-9-17(22)10-8-16)21(26)24(3)13-15-5-11-18(27-4)12-6-15/h5-12,14,19H,13H2,1-4H3,(H,23,25)/t19-/m0/s1. The Labute approximate surface area is 164 Å². The molecule has 2 aromatic carbocycles. The smallest absolute Gasteiger partial charge is 0.251 e. The Morgan fingerprint density at radius 2 is 1.67 bits per heavy atom. The lowest BCUT2D eigenvalue weighted by Crippen LogP contribution is -2.50. The van der Waals surface area contributed by atoms with Crippen LogP contribution in [0.25, 0.3) is 0 Å². The molecule has 1 atom stereocenters. The first kappa shape index (κ1) is 21.0. The topological polar surface area (TPSA) is 49.4 Å². The van der Waals surface area contributed by atoms with E-state index in [4.69, 9.17) is 0 Å². The van der Waals surface area contributed by atoms with Crippen molar-refractivity contribution in [1.82, 2.24) is 10.2 Å². The van der Waals surface area contributed by atoms with E-state index in [-0.39, 0.29) is 17.7 Å². The molecule has 0 aliphatic carbocycles. The van der Waals surface area contributed by atoms with Crippen LogP contribution in [0.3, 0.4) is 0 Å². The maximum atomic E-state index is 13.0. The molecule has 0 saturated carbocycles. The Balaban J connectivity index is 2.06. The minimum Gasteiger partial charge on any atom is -0.340 e. The molecule has 2 rings (SSSR count). The third-order valence-electron chi connectivity index (χ3n) is 4.28.